The van der Waals surface area contributed by atoms with Gasteiger partial charge in [-0.25, -0.2) is 0 Å². The zero-order chi connectivity index (χ0) is 21.2. The van der Waals surface area contributed by atoms with Gasteiger partial charge >= 0.3 is 11.9 Å². The van der Waals surface area contributed by atoms with Crippen LogP contribution < -0.4 is 11.1 Å². The Labute approximate surface area is 180 Å². The van der Waals surface area contributed by atoms with Gasteiger partial charge < -0.3 is 20.5 Å². The van der Waals surface area contributed by atoms with Crippen LogP contribution in [0.25, 0.3) is 0 Å². The molecule has 0 unspecified atom stereocenters. The molecule has 3 N–H and O–H groups in total. The highest BCUT2D eigenvalue weighted by molar-refractivity contribution is 7.89. The van der Waals surface area contributed by atoms with Crippen LogP contribution in [0.1, 0.15) is 90.9 Å². The average molecular weight is 433 g/mol. The molecule has 0 aromatic rings. The molecule has 0 fully saturated rings. The maximum atomic E-state index is 12.1. The Morgan fingerprint density at radius 1 is 0.821 bits per heavy atom. The number of hydrogen-bond acceptors (Lipinski definition) is 6. The van der Waals surface area contributed by atoms with Gasteiger partial charge in [0, 0.05) is 12.8 Å². The molecule has 0 amide bonds. The van der Waals surface area contributed by atoms with Crippen molar-refractivity contribution >= 4 is 46.4 Å². The van der Waals surface area contributed by atoms with Crippen molar-refractivity contribution in [1.29, 1.82) is 0 Å². The molecule has 0 spiro atoms. The predicted molar refractivity (Wildman–Crippen MR) is 120 cm³/mol. The van der Waals surface area contributed by atoms with Crippen LogP contribution in [0.3, 0.4) is 0 Å². The monoisotopic (exact) mass is 432 g/mol. The van der Waals surface area contributed by atoms with Gasteiger partial charge in [0.2, 0.25) is 0 Å². The van der Waals surface area contributed by atoms with Crippen LogP contribution in [0.15, 0.2) is 0 Å². The van der Waals surface area contributed by atoms with Gasteiger partial charge in [-0.1, -0.05) is 89.6 Å². The van der Waals surface area contributed by atoms with Gasteiger partial charge in [-0.15, -0.1) is 0 Å². The highest BCUT2D eigenvalue weighted by atomic mass is 32.1. The summed E-state index contributed by atoms with van der Waals surface area (Å²) < 4.78 is 10.6. The summed E-state index contributed by atoms with van der Waals surface area (Å²) >= 11 is 9.77. The first kappa shape index (κ1) is 26.7. The van der Waals surface area contributed by atoms with E-state index in [1.165, 1.54) is 0 Å². The zero-order valence-electron chi connectivity index (χ0n) is 17.3. The molecule has 0 aromatic carbocycles. The van der Waals surface area contributed by atoms with Gasteiger partial charge in [0.1, 0.15) is 9.98 Å². The predicted octanol–water partition coefficient (Wildman–Crippen LogP) is 4.32. The molecule has 8 heteroatoms. The van der Waals surface area contributed by atoms with Gasteiger partial charge in [0.25, 0.3) is 6.29 Å². The van der Waals surface area contributed by atoms with Gasteiger partial charge in [-0.05, 0) is 12.8 Å². The van der Waals surface area contributed by atoms with Crippen molar-refractivity contribution in [2.24, 2.45) is 5.73 Å². The number of nitrogens with two attached hydrogens (primary N) is 1. The van der Waals surface area contributed by atoms with Crippen LogP contribution in [0.2, 0.25) is 0 Å². The highest BCUT2D eigenvalue weighted by Crippen LogP contribution is 2.09. The molecule has 28 heavy (non-hydrogen) atoms. The minimum absolute atomic E-state index is 0.0271. The lowest BCUT2D eigenvalue weighted by Crippen LogP contribution is -2.41. The third-order valence-electron chi connectivity index (χ3n) is 4.15. The molecule has 0 rings (SSSR count). The number of esters is 2. The highest BCUT2D eigenvalue weighted by Gasteiger charge is 2.19. The van der Waals surface area contributed by atoms with Crippen LogP contribution in [-0.4, -0.2) is 34.8 Å². The van der Waals surface area contributed by atoms with Crippen LogP contribution in [0.4, 0.5) is 0 Å². The quantitative estimate of drug-likeness (QED) is 0.161. The normalized spacial score (nSPS) is 10.5. The Morgan fingerprint density at radius 2 is 1.25 bits per heavy atom. The summed E-state index contributed by atoms with van der Waals surface area (Å²) in [6.45, 7) is 4.31. The maximum absolute atomic E-state index is 12.1. The van der Waals surface area contributed by atoms with E-state index in [-0.39, 0.29) is 28.5 Å². The fourth-order valence-corrected chi connectivity index (χ4v) is 2.68. The Morgan fingerprint density at radius 3 is 1.64 bits per heavy atom. The van der Waals surface area contributed by atoms with Crippen molar-refractivity contribution in [1.82, 2.24) is 5.32 Å². The van der Waals surface area contributed by atoms with Crippen molar-refractivity contribution in [3.8, 4) is 0 Å². The second-order valence-electron chi connectivity index (χ2n) is 6.81. The van der Waals surface area contributed by atoms with Crippen LogP contribution in [0, 0.1) is 0 Å². The third kappa shape index (κ3) is 15.7. The van der Waals surface area contributed by atoms with Gasteiger partial charge in [-0.2, -0.15) is 0 Å². The van der Waals surface area contributed by atoms with Crippen LogP contribution in [0.5, 0.6) is 0 Å². The molecular weight excluding hydrogens is 396 g/mol. The summed E-state index contributed by atoms with van der Waals surface area (Å²) in [5.41, 5.74) is 5.45. The molecular formula is C20H36N2O4S2. The van der Waals surface area contributed by atoms with E-state index < -0.39 is 6.29 Å². The number of carbonyl (C=O) groups excluding carboxylic acids is 2. The Bertz CT molecular complexity index is 459. The number of hydrogen-bond donors (Lipinski definition) is 2. The summed E-state index contributed by atoms with van der Waals surface area (Å²) in [6, 6.07) is 0. The van der Waals surface area contributed by atoms with E-state index in [9.17, 15) is 9.59 Å². The number of rotatable bonds is 16. The Balaban J connectivity index is 4.39. The number of ether oxygens (including phenoxy) is 2. The SMILES string of the molecule is CCCCCCCC(=O)OC(CNC(=S)C(N)=S)OC(=O)CCCCCCC. The second kappa shape index (κ2) is 17.8. The summed E-state index contributed by atoms with van der Waals surface area (Å²) in [6.07, 6.45) is 9.86. The fourth-order valence-electron chi connectivity index (χ4n) is 2.53. The Hall–Kier alpha value is -1.28. The first-order valence-corrected chi connectivity index (χ1v) is 11.2. The molecule has 0 aromatic heterocycles. The number of thiocarbonyl (C=S) groups is 2. The molecule has 0 atom stereocenters. The molecule has 0 bridgehead atoms. The molecule has 0 aliphatic carbocycles. The minimum Gasteiger partial charge on any atom is -0.423 e. The second-order valence-corrected chi connectivity index (χ2v) is 7.66. The number of unbranched alkanes of at least 4 members (excludes halogenated alkanes) is 8. The number of nitrogens with one attached hydrogen (secondary N) is 1. The lowest BCUT2D eigenvalue weighted by Gasteiger charge is -2.19. The van der Waals surface area contributed by atoms with E-state index in [1.54, 1.807) is 0 Å². The van der Waals surface area contributed by atoms with E-state index in [1.807, 2.05) is 0 Å². The first-order valence-electron chi connectivity index (χ1n) is 10.4. The van der Waals surface area contributed by atoms with E-state index in [0.717, 1.165) is 64.2 Å². The van der Waals surface area contributed by atoms with Crippen LogP contribution in [-0.2, 0) is 19.1 Å². The van der Waals surface area contributed by atoms with Gasteiger partial charge in [-0.3, -0.25) is 9.59 Å². The molecule has 162 valence electrons. The van der Waals surface area contributed by atoms with Crippen molar-refractivity contribution in [3.63, 3.8) is 0 Å². The summed E-state index contributed by atoms with van der Waals surface area (Å²) in [7, 11) is 0. The first-order chi connectivity index (χ1) is 13.4. The van der Waals surface area contributed by atoms with E-state index in [4.69, 9.17) is 39.6 Å². The summed E-state index contributed by atoms with van der Waals surface area (Å²) in [4.78, 5) is 24.3. The lowest BCUT2D eigenvalue weighted by atomic mass is 10.1. The van der Waals surface area contributed by atoms with Crippen molar-refractivity contribution in [2.75, 3.05) is 6.54 Å². The summed E-state index contributed by atoms with van der Waals surface area (Å²) in [5, 5.41) is 2.77. The molecule has 6 nitrogen and oxygen atoms in total. The molecule has 0 aliphatic heterocycles. The topological polar surface area (TPSA) is 90.7 Å². The molecule has 0 radical (unpaired) electrons. The maximum Gasteiger partial charge on any atom is 0.308 e. The van der Waals surface area contributed by atoms with E-state index in [0.29, 0.717) is 12.8 Å². The largest absolute Gasteiger partial charge is 0.423 e. The van der Waals surface area contributed by atoms with Crippen molar-refractivity contribution in [2.45, 2.75) is 97.2 Å². The van der Waals surface area contributed by atoms with Crippen molar-refractivity contribution < 1.29 is 19.1 Å². The summed E-state index contributed by atoms with van der Waals surface area (Å²) in [5.74, 6) is -0.777. The van der Waals surface area contributed by atoms with E-state index in [2.05, 4.69) is 19.2 Å². The smallest absolute Gasteiger partial charge is 0.308 e. The van der Waals surface area contributed by atoms with Crippen molar-refractivity contribution in [3.05, 3.63) is 0 Å². The lowest BCUT2D eigenvalue weighted by molar-refractivity contribution is -0.186. The van der Waals surface area contributed by atoms with Gasteiger partial charge in [0.05, 0.1) is 6.54 Å². The van der Waals surface area contributed by atoms with Gasteiger partial charge in [0.15, 0.2) is 0 Å². The third-order valence-corrected chi connectivity index (χ3v) is 4.85. The average Bonchev–Trinajstić information content (AvgIpc) is 2.65. The van der Waals surface area contributed by atoms with Crippen LogP contribution >= 0.6 is 24.4 Å². The molecule has 0 saturated carbocycles. The standard InChI is InChI=1S/C20H36N2O4S2/c1-3-5-7-9-11-13-16(23)25-18(15-22-20(28)19(21)27)26-17(24)14-12-10-8-6-4-2/h18H,3-15H2,1-2H3,(H2,21,27)(H,22,28). The number of carbonyl (C=O) groups is 2. The zero-order valence-corrected chi connectivity index (χ0v) is 18.9. The molecule has 0 heterocycles. The fraction of sp³-hybridized carbons (Fsp3) is 0.800. The molecule has 0 saturated heterocycles. The molecule has 0 aliphatic rings. The Kier molecular flexibility index (Phi) is 17.0. The minimum atomic E-state index is -1.04. The van der Waals surface area contributed by atoms with E-state index >= 15 is 0 Å².